The number of nitrogens with zero attached hydrogens (tertiary/aromatic N) is 3. The van der Waals surface area contributed by atoms with Crippen LogP contribution in [-0.4, -0.2) is 27.2 Å². The van der Waals surface area contributed by atoms with Crippen molar-refractivity contribution in [1.29, 1.82) is 0 Å². The summed E-state index contributed by atoms with van der Waals surface area (Å²) in [4.78, 5) is 15.6. The third-order valence-electron chi connectivity index (χ3n) is 2.09. The lowest BCUT2D eigenvalue weighted by atomic mass is 10.2. The molecular weight excluding hydrogens is 194 g/mol. The summed E-state index contributed by atoms with van der Waals surface area (Å²) in [5.41, 5.74) is 1.75. The molecule has 15 heavy (non-hydrogen) atoms. The van der Waals surface area contributed by atoms with Gasteiger partial charge in [0, 0.05) is 18.0 Å². The fraction of sp³-hybridized carbons (Fsp3) is 0.300. The van der Waals surface area contributed by atoms with Crippen molar-refractivity contribution in [3.8, 4) is 0 Å². The molecule has 0 aliphatic carbocycles. The van der Waals surface area contributed by atoms with Crippen molar-refractivity contribution in [3.63, 3.8) is 0 Å². The summed E-state index contributed by atoms with van der Waals surface area (Å²) in [6, 6.07) is 1.76. The zero-order valence-corrected chi connectivity index (χ0v) is 8.60. The van der Waals surface area contributed by atoms with E-state index in [2.05, 4.69) is 10.1 Å². The van der Waals surface area contributed by atoms with Crippen LogP contribution in [0.15, 0.2) is 18.5 Å². The molecule has 0 atom stereocenters. The Morgan fingerprint density at radius 3 is 3.07 bits per heavy atom. The Morgan fingerprint density at radius 2 is 2.40 bits per heavy atom. The number of aromatic nitrogens is 3. The van der Waals surface area contributed by atoms with Crippen LogP contribution < -0.4 is 0 Å². The number of rotatable bonds is 2. The first-order valence-corrected chi connectivity index (χ1v) is 4.71. The molecule has 0 bridgehead atoms. The molecule has 5 nitrogen and oxygen atoms in total. The molecule has 2 heterocycles. The van der Waals surface area contributed by atoms with Gasteiger partial charge in [-0.05, 0) is 19.9 Å². The molecule has 0 spiro atoms. The quantitative estimate of drug-likeness (QED) is 0.691. The standard InChI is InChI=1S/C10H11N3O2/c1-3-15-10(14)8-7(2)9-11-5-4-6-13(9)12-8/h4-6H,3H2,1-2H3. The van der Waals surface area contributed by atoms with E-state index in [1.807, 2.05) is 6.92 Å². The van der Waals surface area contributed by atoms with Crippen LogP contribution >= 0.6 is 0 Å². The second-order valence-electron chi connectivity index (χ2n) is 3.08. The molecule has 0 N–H and O–H groups in total. The van der Waals surface area contributed by atoms with Gasteiger partial charge < -0.3 is 4.74 Å². The van der Waals surface area contributed by atoms with E-state index >= 15 is 0 Å². The fourth-order valence-electron chi connectivity index (χ4n) is 1.39. The SMILES string of the molecule is CCOC(=O)c1nn2cccnc2c1C. The summed E-state index contributed by atoms with van der Waals surface area (Å²) >= 11 is 0. The number of hydrogen-bond donors (Lipinski definition) is 0. The minimum absolute atomic E-state index is 0.329. The smallest absolute Gasteiger partial charge is 0.359 e. The lowest BCUT2D eigenvalue weighted by Crippen LogP contribution is -2.06. The molecule has 0 unspecified atom stereocenters. The number of aryl methyl sites for hydroxylation is 1. The number of hydrogen-bond acceptors (Lipinski definition) is 4. The third kappa shape index (κ3) is 1.56. The maximum Gasteiger partial charge on any atom is 0.359 e. The van der Waals surface area contributed by atoms with Gasteiger partial charge in [0.2, 0.25) is 0 Å². The number of esters is 1. The van der Waals surface area contributed by atoms with Gasteiger partial charge in [0.25, 0.3) is 0 Å². The van der Waals surface area contributed by atoms with E-state index in [0.717, 1.165) is 5.56 Å². The average molecular weight is 205 g/mol. The van der Waals surface area contributed by atoms with E-state index in [1.54, 1.807) is 29.9 Å². The molecule has 0 fully saturated rings. The van der Waals surface area contributed by atoms with Crippen molar-refractivity contribution < 1.29 is 9.53 Å². The fourth-order valence-corrected chi connectivity index (χ4v) is 1.39. The number of carbonyl (C=O) groups excluding carboxylic acids is 1. The number of fused-ring (bicyclic) bond motifs is 1. The van der Waals surface area contributed by atoms with Crippen LogP contribution in [0, 0.1) is 6.92 Å². The summed E-state index contributed by atoms with van der Waals surface area (Å²) in [6.07, 6.45) is 3.41. The highest BCUT2D eigenvalue weighted by Crippen LogP contribution is 2.12. The van der Waals surface area contributed by atoms with Crippen LogP contribution in [0.5, 0.6) is 0 Å². The Kier molecular flexibility index (Phi) is 2.37. The maximum absolute atomic E-state index is 11.5. The van der Waals surface area contributed by atoms with Crippen molar-refractivity contribution in [2.45, 2.75) is 13.8 Å². The molecule has 2 aromatic rings. The van der Waals surface area contributed by atoms with Gasteiger partial charge >= 0.3 is 5.97 Å². The first kappa shape index (κ1) is 9.64. The van der Waals surface area contributed by atoms with Crippen LogP contribution in [0.4, 0.5) is 0 Å². The van der Waals surface area contributed by atoms with E-state index in [-0.39, 0.29) is 0 Å². The molecule has 2 aromatic heterocycles. The summed E-state index contributed by atoms with van der Waals surface area (Å²) in [5.74, 6) is -0.402. The monoisotopic (exact) mass is 205 g/mol. The summed E-state index contributed by atoms with van der Waals surface area (Å²) in [7, 11) is 0. The zero-order valence-electron chi connectivity index (χ0n) is 8.60. The molecule has 0 radical (unpaired) electrons. The zero-order chi connectivity index (χ0) is 10.8. The minimum Gasteiger partial charge on any atom is -0.461 e. The summed E-state index contributed by atoms with van der Waals surface area (Å²) < 4.78 is 6.47. The average Bonchev–Trinajstić information content (AvgIpc) is 2.57. The normalized spacial score (nSPS) is 10.5. The Hall–Kier alpha value is -1.91. The van der Waals surface area contributed by atoms with Gasteiger partial charge in [-0.25, -0.2) is 14.3 Å². The van der Waals surface area contributed by atoms with E-state index in [4.69, 9.17) is 4.74 Å². The van der Waals surface area contributed by atoms with E-state index in [9.17, 15) is 4.79 Å². The van der Waals surface area contributed by atoms with Crippen LogP contribution in [0.3, 0.4) is 0 Å². The van der Waals surface area contributed by atoms with Gasteiger partial charge in [0.15, 0.2) is 11.3 Å². The lowest BCUT2D eigenvalue weighted by molar-refractivity contribution is 0.0518. The first-order chi connectivity index (χ1) is 7.24. The van der Waals surface area contributed by atoms with Gasteiger partial charge in [-0.15, -0.1) is 0 Å². The second kappa shape index (κ2) is 3.68. The van der Waals surface area contributed by atoms with E-state index in [1.165, 1.54) is 0 Å². The van der Waals surface area contributed by atoms with E-state index < -0.39 is 5.97 Å². The number of ether oxygens (including phenoxy) is 1. The Bertz CT molecular complexity index is 504. The van der Waals surface area contributed by atoms with Crippen molar-refractivity contribution in [1.82, 2.24) is 14.6 Å². The number of carbonyl (C=O) groups is 1. The van der Waals surface area contributed by atoms with Gasteiger partial charge in [0.05, 0.1) is 6.61 Å². The largest absolute Gasteiger partial charge is 0.461 e. The minimum atomic E-state index is -0.402. The molecule has 0 aliphatic heterocycles. The van der Waals surface area contributed by atoms with Gasteiger partial charge in [0.1, 0.15) is 0 Å². The summed E-state index contributed by atoms with van der Waals surface area (Å²) in [6.45, 7) is 3.92. The predicted octanol–water partition coefficient (Wildman–Crippen LogP) is 1.21. The lowest BCUT2D eigenvalue weighted by Gasteiger charge is -1.97. The van der Waals surface area contributed by atoms with Crippen molar-refractivity contribution in [2.75, 3.05) is 6.61 Å². The van der Waals surface area contributed by atoms with Crippen molar-refractivity contribution in [2.24, 2.45) is 0 Å². The molecule has 0 saturated carbocycles. The highest BCUT2D eigenvalue weighted by atomic mass is 16.5. The van der Waals surface area contributed by atoms with Gasteiger partial charge in [-0.1, -0.05) is 0 Å². The highest BCUT2D eigenvalue weighted by molar-refractivity contribution is 5.90. The molecule has 2 rings (SSSR count). The first-order valence-electron chi connectivity index (χ1n) is 4.71. The Balaban J connectivity index is 2.53. The summed E-state index contributed by atoms with van der Waals surface area (Å²) in [5, 5.41) is 4.11. The molecule has 0 saturated heterocycles. The van der Waals surface area contributed by atoms with Gasteiger partial charge in [-0.3, -0.25) is 0 Å². The highest BCUT2D eigenvalue weighted by Gasteiger charge is 2.17. The molecule has 5 heteroatoms. The topological polar surface area (TPSA) is 56.5 Å². The maximum atomic E-state index is 11.5. The third-order valence-corrected chi connectivity index (χ3v) is 2.09. The van der Waals surface area contributed by atoms with Crippen LogP contribution in [-0.2, 0) is 4.74 Å². The van der Waals surface area contributed by atoms with Crippen molar-refractivity contribution >= 4 is 11.6 Å². The van der Waals surface area contributed by atoms with Crippen LogP contribution in [0.25, 0.3) is 5.65 Å². The molecular formula is C10H11N3O2. The predicted molar refractivity (Wildman–Crippen MR) is 53.7 cm³/mol. The van der Waals surface area contributed by atoms with Crippen LogP contribution in [0.1, 0.15) is 23.0 Å². The van der Waals surface area contributed by atoms with Gasteiger partial charge in [-0.2, -0.15) is 5.10 Å². The van der Waals surface area contributed by atoms with E-state index in [0.29, 0.717) is 17.9 Å². The van der Waals surface area contributed by atoms with Crippen molar-refractivity contribution in [3.05, 3.63) is 29.7 Å². The molecule has 78 valence electrons. The molecule has 0 aromatic carbocycles. The molecule has 0 aliphatic rings. The Morgan fingerprint density at radius 1 is 1.60 bits per heavy atom. The van der Waals surface area contributed by atoms with Crippen LogP contribution in [0.2, 0.25) is 0 Å². The Labute approximate surface area is 86.7 Å². The second-order valence-corrected chi connectivity index (χ2v) is 3.08. The molecule has 0 amide bonds.